The number of benzene rings is 1. The lowest BCUT2D eigenvalue weighted by molar-refractivity contribution is -0.143. The van der Waals surface area contributed by atoms with E-state index in [0.29, 0.717) is 18.8 Å². The molecule has 0 aliphatic heterocycles. The topological polar surface area (TPSA) is 75.3 Å². The Hall–Kier alpha value is -2.37. The summed E-state index contributed by atoms with van der Waals surface area (Å²) in [5.41, 5.74) is 1.12. The van der Waals surface area contributed by atoms with E-state index in [1.807, 2.05) is 31.2 Å². The quantitative estimate of drug-likeness (QED) is 0.841. The number of amides is 1. The fourth-order valence-corrected chi connectivity index (χ4v) is 1.97. The highest BCUT2D eigenvalue weighted by atomic mass is 16.5. The van der Waals surface area contributed by atoms with E-state index in [9.17, 15) is 9.59 Å². The molecule has 106 valence electrons. The molecule has 1 aromatic heterocycles. The van der Waals surface area contributed by atoms with Crippen molar-refractivity contribution in [3.63, 3.8) is 0 Å². The second-order valence-electron chi connectivity index (χ2n) is 4.24. The molecule has 6 heteroatoms. The smallest absolute Gasteiger partial charge is 0.325 e. The van der Waals surface area contributed by atoms with Gasteiger partial charge in [-0.05, 0) is 19.9 Å². The van der Waals surface area contributed by atoms with E-state index in [1.54, 1.807) is 6.92 Å². The van der Waals surface area contributed by atoms with Gasteiger partial charge in [0.05, 0.1) is 12.1 Å². The summed E-state index contributed by atoms with van der Waals surface area (Å²) < 4.78 is 4.87. The van der Waals surface area contributed by atoms with Crippen LogP contribution in [0.25, 0.3) is 10.9 Å². The average molecular weight is 275 g/mol. The molecular formula is C14H17N3O3. The normalized spacial score (nSPS) is 10.5. The van der Waals surface area contributed by atoms with Gasteiger partial charge in [0, 0.05) is 11.9 Å². The van der Waals surface area contributed by atoms with Gasteiger partial charge in [0.1, 0.15) is 6.54 Å². The number of hydrogen-bond acceptors (Lipinski definition) is 4. The van der Waals surface area contributed by atoms with Gasteiger partial charge in [-0.15, -0.1) is 0 Å². The van der Waals surface area contributed by atoms with Crippen molar-refractivity contribution in [2.24, 2.45) is 0 Å². The van der Waals surface area contributed by atoms with E-state index in [-0.39, 0.29) is 12.5 Å². The van der Waals surface area contributed by atoms with Crippen LogP contribution in [0.1, 0.15) is 24.3 Å². The van der Waals surface area contributed by atoms with Crippen molar-refractivity contribution < 1.29 is 14.3 Å². The number of para-hydroxylation sites is 1. The molecule has 0 atom stereocenters. The fraction of sp³-hybridized carbons (Fsp3) is 0.357. The summed E-state index contributed by atoms with van der Waals surface area (Å²) in [6.45, 7) is 4.20. The highest BCUT2D eigenvalue weighted by molar-refractivity contribution is 6.05. The highest BCUT2D eigenvalue weighted by Crippen LogP contribution is 2.16. The molecule has 1 heterocycles. The van der Waals surface area contributed by atoms with Crippen LogP contribution in [0.2, 0.25) is 0 Å². The number of nitrogens with zero attached hydrogens (tertiary/aromatic N) is 2. The number of fused-ring (bicyclic) bond motifs is 1. The predicted octanol–water partition coefficient (Wildman–Crippen LogP) is 1.59. The molecule has 0 aliphatic rings. The van der Waals surface area contributed by atoms with Crippen LogP contribution < -0.4 is 0 Å². The maximum absolute atomic E-state index is 12.4. The maximum Gasteiger partial charge on any atom is 0.325 e. The van der Waals surface area contributed by atoms with Crippen LogP contribution in [0, 0.1) is 0 Å². The van der Waals surface area contributed by atoms with Crippen LogP contribution in [-0.4, -0.2) is 46.7 Å². The first kappa shape index (κ1) is 14.0. The van der Waals surface area contributed by atoms with Gasteiger partial charge in [0.25, 0.3) is 5.91 Å². The number of carbonyl (C=O) groups excluding carboxylic acids is 2. The standard InChI is InChI=1S/C14H17N3O3/c1-3-17(9-12(18)20-4-2)14(19)13-10-7-5-6-8-11(10)15-16-13/h5-8H,3-4,9H2,1-2H3,(H,15,16). The molecule has 1 amide bonds. The summed E-state index contributed by atoms with van der Waals surface area (Å²) in [5.74, 6) is -0.694. The minimum absolute atomic E-state index is 0.0651. The van der Waals surface area contributed by atoms with Crippen molar-refractivity contribution in [3.05, 3.63) is 30.0 Å². The van der Waals surface area contributed by atoms with Crippen molar-refractivity contribution in [1.29, 1.82) is 0 Å². The molecule has 0 saturated heterocycles. The summed E-state index contributed by atoms with van der Waals surface area (Å²) in [6, 6.07) is 7.38. The lowest BCUT2D eigenvalue weighted by Crippen LogP contribution is -2.36. The van der Waals surface area contributed by atoms with Crippen LogP contribution in [-0.2, 0) is 9.53 Å². The molecular weight excluding hydrogens is 258 g/mol. The zero-order valence-corrected chi connectivity index (χ0v) is 11.5. The molecule has 0 fully saturated rings. The van der Waals surface area contributed by atoms with Crippen molar-refractivity contribution in [3.8, 4) is 0 Å². The number of aromatic nitrogens is 2. The fourth-order valence-electron chi connectivity index (χ4n) is 1.97. The van der Waals surface area contributed by atoms with Crippen LogP contribution in [0.4, 0.5) is 0 Å². The summed E-state index contributed by atoms with van der Waals surface area (Å²) in [6.07, 6.45) is 0. The molecule has 0 radical (unpaired) electrons. The number of aromatic amines is 1. The molecule has 2 rings (SSSR count). The number of ether oxygens (including phenoxy) is 1. The van der Waals surface area contributed by atoms with Gasteiger partial charge in [0.15, 0.2) is 5.69 Å². The summed E-state index contributed by atoms with van der Waals surface area (Å²) in [5, 5.41) is 7.61. The van der Waals surface area contributed by atoms with E-state index < -0.39 is 5.97 Å². The first-order valence-corrected chi connectivity index (χ1v) is 6.55. The van der Waals surface area contributed by atoms with Crippen molar-refractivity contribution in [2.45, 2.75) is 13.8 Å². The Labute approximate surface area is 116 Å². The first-order chi connectivity index (χ1) is 9.67. The Bertz CT molecular complexity index is 621. The zero-order valence-electron chi connectivity index (χ0n) is 11.5. The molecule has 0 bridgehead atoms. The molecule has 1 N–H and O–H groups in total. The molecule has 0 aliphatic carbocycles. The Balaban J connectivity index is 2.22. The van der Waals surface area contributed by atoms with Crippen LogP contribution in [0.5, 0.6) is 0 Å². The largest absolute Gasteiger partial charge is 0.465 e. The van der Waals surface area contributed by atoms with Gasteiger partial charge in [-0.2, -0.15) is 5.10 Å². The molecule has 0 spiro atoms. The van der Waals surface area contributed by atoms with Gasteiger partial charge in [0.2, 0.25) is 0 Å². The summed E-state index contributed by atoms with van der Waals surface area (Å²) in [7, 11) is 0. The van der Waals surface area contributed by atoms with Gasteiger partial charge in [-0.1, -0.05) is 18.2 Å². The molecule has 1 aromatic carbocycles. The number of H-pyrrole nitrogens is 1. The number of likely N-dealkylation sites (N-methyl/N-ethyl adjacent to an activating group) is 1. The predicted molar refractivity (Wildman–Crippen MR) is 74.3 cm³/mol. The van der Waals surface area contributed by atoms with Crippen LogP contribution >= 0.6 is 0 Å². The summed E-state index contributed by atoms with van der Waals surface area (Å²) >= 11 is 0. The Morgan fingerprint density at radius 3 is 2.75 bits per heavy atom. The zero-order chi connectivity index (χ0) is 14.5. The average Bonchev–Trinajstić information content (AvgIpc) is 2.88. The van der Waals surface area contributed by atoms with E-state index in [2.05, 4.69) is 10.2 Å². The second-order valence-corrected chi connectivity index (χ2v) is 4.24. The van der Waals surface area contributed by atoms with Gasteiger partial charge in [-0.3, -0.25) is 14.7 Å². The summed E-state index contributed by atoms with van der Waals surface area (Å²) in [4.78, 5) is 25.3. The lowest BCUT2D eigenvalue weighted by atomic mass is 10.2. The number of esters is 1. The Morgan fingerprint density at radius 2 is 2.05 bits per heavy atom. The van der Waals surface area contributed by atoms with Crippen molar-refractivity contribution >= 4 is 22.8 Å². The van der Waals surface area contributed by atoms with Crippen molar-refractivity contribution in [2.75, 3.05) is 19.7 Å². The number of rotatable bonds is 5. The third-order valence-corrected chi connectivity index (χ3v) is 2.97. The Kier molecular flexibility index (Phi) is 4.34. The lowest BCUT2D eigenvalue weighted by Gasteiger charge is -2.18. The van der Waals surface area contributed by atoms with Gasteiger partial charge < -0.3 is 9.64 Å². The van der Waals surface area contributed by atoms with Gasteiger partial charge >= 0.3 is 5.97 Å². The third kappa shape index (κ3) is 2.79. The first-order valence-electron chi connectivity index (χ1n) is 6.55. The second kappa shape index (κ2) is 6.18. The molecule has 0 unspecified atom stereocenters. The monoisotopic (exact) mass is 275 g/mol. The molecule has 0 saturated carbocycles. The number of hydrogen-bond donors (Lipinski definition) is 1. The minimum Gasteiger partial charge on any atom is -0.465 e. The van der Waals surface area contributed by atoms with Crippen molar-refractivity contribution in [1.82, 2.24) is 15.1 Å². The molecule has 6 nitrogen and oxygen atoms in total. The SMILES string of the molecule is CCOC(=O)CN(CC)C(=O)c1n[nH]c2ccccc12. The van der Waals surface area contributed by atoms with E-state index in [0.717, 1.165) is 10.9 Å². The highest BCUT2D eigenvalue weighted by Gasteiger charge is 2.22. The minimum atomic E-state index is -0.414. The van der Waals surface area contributed by atoms with E-state index in [4.69, 9.17) is 4.74 Å². The van der Waals surface area contributed by atoms with E-state index >= 15 is 0 Å². The third-order valence-electron chi connectivity index (χ3n) is 2.97. The maximum atomic E-state index is 12.4. The number of carbonyl (C=O) groups is 2. The Morgan fingerprint density at radius 1 is 1.30 bits per heavy atom. The molecule has 20 heavy (non-hydrogen) atoms. The van der Waals surface area contributed by atoms with Crippen LogP contribution in [0.15, 0.2) is 24.3 Å². The number of nitrogens with one attached hydrogen (secondary N) is 1. The van der Waals surface area contributed by atoms with Crippen LogP contribution in [0.3, 0.4) is 0 Å². The molecule has 2 aromatic rings. The van der Waals surface area contributed by atoms with Gasteiger partial charge in [-0.25, -0.2) is 0 Å². The van der Waals surface area contributed by atoms with E-state index in [1.165, 1.54) is 4.90 Å².